The minimum absolute atomic E-state index is 0.179. The van der Waals surface area contributed by atoms with Gasteiger partial charge in [-0.3, -0.25) is 4.79 Å². The molecule has 1 fully saturated rings. The Morgan fingerprint density at radius 3 is 2.53 bits per heavy atom. The molecule has 1 amide bonds. The number of nitrogens with zero attached hydrogens (tertiary/aromatic N) is 3. The van der Waals surface area contributed by atoms with Crippen LogP contribution in [0.5, 0.6) is 0 Å². The third-order valence-corrected chi connectivity index (χ3v) is 7.75. The van der Waals surface area contributed by atoms with E-state index in [1.807, 2.05) is 48.9 Å². The van der Waals surface area contributed by atoms with E-state index in [-0.39, 0.29) is 13.1 Å². The summed E-state index contributed by atoms with van der Waals surface area (Å²) in [6, 6.07) is 14.0. The van der Waals surface area contributed by atoms with Gasteiger partial charge in [0, 0.05) is 24.3 Å². The topological polar surface area (TPSA) is 84.3 Å². The van der Waals surface area contributed by atoms with E-state index in [0.29, 0.717) is 12.8 Å². The first kappa shape index (κ1) is 22.2. The molecule has 0 spiro atoms. The maximum atomic E-state index is 14.2. The molecule has 0 bridgehead atoms. The van der Waals surface area contributed by atoms with Crippen LogP contribution >= 0.6 is 0 Å². The zero-order valence-electron chi connectivity index (χ0n) is 18.0. The van der Waals surface area contributed by atoms with Gasteiger partial charge >= 0.3 is 0 Å². The summed E-state index contributed by atoms with van der Waals surface area (Å²) in [7, 11) is -4.11. The van der Waals surface area contributed by atoms with E-state index in [2.05, 4.69) is 10.4 Å². The van der Waals surface area contributed by atoms with Crippen molar-refractivity contribution in [2.45, 2.75) is 44.2 Å². The van der Waals surface area contributed by atoms with Crippen molar-refractivity contribution in [1.82, 2.24) is 19.4 Å². The van der Waals surface area contributed by atoms with Gasteiger partial charge in [0.05, 0.1) is 11.4 Å². The minimum atomic E-state index is -4.11. The molecule has 7 nitrogen and oxygen atoms in total. The number of sulfonamides is 1. The van der Waals surface area contributed by atoms with Crippen molar-refractivity contribution >= 4 is 15.9 Å². The highest BCUT2D eigenvalue weighted by Gasteiger charge is 2.40. The SMILES string of the molecule is Cc1nn(-c2ccccc2)c(C)c1CNC(=O)C1CCCN1S(=O)(=O)c1ccccc1F. The number of nitrogens with one attached hydrogen (secondary N) is 1. The second kappa shape index (κ2) is 8.84. The largest absolute Gasteiger partial charge is 0.350 e. The van der Waals surface area contributed by atoms with Crippen LogP contribution < -0.4 is 5.32 Å². The summed E-state index contributed by atoms with van der Waals surface area (Å²) >= 11 is 0. The molecule has 2 heterocycles. The first-order valence-electron chi connectivity index (χ1n) is 10.5. The molecule has 1 saturated heterocycles. The Morgan fingerprint density at radius 1 is 1.12 bits per heavy atom. The standard InChI is InChI=1S/C23H25FN4O3S/c1-16-19(17(2)28(26-16)18-9-4-3-5-10-18)15-25-23(29)21-12-8-14-27(21)32(30,31)22-13-7-6-11-20(22)24/h3-7,9-11,13,21H,8,12,14-15H2,1-2H3,(H,25,29). The van der Waals surface area contributed by atoms with Crippen LogP contribution in [0.2, 0.25) is 0 Å². The van der Waals surface area contributed by atoms with Crippen molar-refractivity contribution in [2.24, 2.45) is 0 Å². The van der Waals surface area contributed by atoms with E-state index in [0.717, 1.165) is 33.0 Å². The molecule has 0 aliphatic carbocycles. The lowest BCUT2D eigenvalue weighted by molar-refractivity contribution is -0.124. The third-order valence-electron chi connectivity index (χ3n) is 5.81. The summed E-state index contributed by atoms with van der Waals surface area (Å²) in [4.78, 5) is 12.5. The summed E-state index contributed by atoms with van der Waals surface area (Å²) in [5, 5.41) is 7.44. The Morgan fingerprint density at radius 2 is 1.81 bits per heavy atom. The average Bonchev–Trinajstić information content (AvgIpc) is 3.39. The molecule has 1 aromatic heterocycles. The smallest absolute Gasteiger partial charge is 0.246 e. The summed E-state index contributed by atoms with van der Waals surface area (Å²) in [6.45, 7) is 4.21. The molecule has 3 aromatic rings. The molecule has 9 heteroatoms. The summed E-state index contributed by atoms with van der Waals surface area (Å²) in [6.07, 6.45) is 0.927. The highest BCUT2D eigenvalue weighted by molar-refractivity contribution is 7.89. The number of aryl methyl sites for hydroxylation is 1. The first-order chi connectivity index (χ1) is 15.3. The quantitative estimate of drug-likeness (QED) is 0.618. The van der Waals surface area contributed by atoms with Crippen molar-refractivity contribution in [3.63, 3.8) is 0 Å². The summed E-state index contributed by atoms with van der Waals surface area (Å²) in [5.41, 5.74) is 3.48. The van der Waals surface area contributed by atoms with Crippen LogP contribution in [0.1, 0.15) is 29.8 Å². The molecule has 4 rings (SSSR count). The lowest BCUT2D eigenvalue weighted by Gasteiger charge is -2.23. The maximum absolute atomic E-state index is 14.2. The van der Waals surface area contributed by atoms with Gasteiger partial charge in [0.15, 0.2) is 0 Å². The zero-order valence-corrected chi connectivity index (χ0v) is 18.8. The number of aromatic nitrogens is 2. The van der Waals surface area contributed by atoms with Crippen LogP contribution in [-0.4, -0.2) is 41.0 Å². The summed E-state index contributed by atoms with van der Waals surface area (Å²) < 4.78 is 43.1. The van der Waals surface area contributed by atoms with Gasteiger partial charge in [-0.05, 0) is 51.0 Å². The van der Waals surface area contributed by atoms with Gasteiger partial charge in [-0.2, -0.15) is 9.40 Å². The minimum Gasteiger partial charge on any atom is -0.350 e. The van der Waals surface area contributed by atoms with Crippen molar-refractivity contribution in [2.75, 3.05) is 6.54 Å². The Hall–Kier alpha value is -3.04. The number of carbonyl (C=O) groups excluding carboxylic acids is 1. The molecule has 0 saturated carbocycles. The van der Waals surface area contributed by atoms with Gasteiger partial charge in [0.25, 0.3) is 0 Å². The van der Waals surface area contributed by atoms with Crippen LogP contribution in [0.3, 0.4) is 0 Å². The van der Waals surface area contributed by atoms with Gasteiger partial charge in [0.1, 0.15) is 16.8 Å². The van der Waals surface area contributed by atoms with Gasteiger partial charge < -0.3 is 5.32 Å². The van der Waals surface area contributed by atoms with Gasteiger partial charge in [0.2, 0.25) is 15.9 Å². The highest BCUT2D eigenvalue weighted by atomic mass is 32.2. The van der Waals surface area contributed by atoms with Crippen molar-refractivity contribution in [1.29, 1.82) is 0 Å². The second-order valence-electron chi connectivity index (χ2n) is 7.82. The third kappa shape index (κ3) is 4.05. The monoisotopic (exact) mass is 456 g/mol. The predicted octanol–water partition coefficient (Wildman–Crippen LogP) is 3.10. The maximum Gasteiger partial charge on any atom is 0.246 e. The Kier molecular flexibility index (Phi) is 6.12. The van der Waals surface area contributed by atoms with Crippen molar-refractivity contribution in [3.8, 4) is 5.69 Å². The lowest BCUT2D eigenvalue weighted by Crippen LogP contribution is -2.45. The molecule has 1 aliphatic rings. The number of benzene rings is 2. The van der Waals surface area contributed by atoms with E-state index in [1.54, 1.807) is 0 Å². The van der Waals surface area contributed by atoms with Gasteiger partial charge in [-0.25, -0.2) is 17.5 Å². The Balaban J connectivity index is 1.51. The van der Waals surface area contributed by atoms with E-state index >= 15 is 0 Å². The number of halogens is 1. The Bertz CT molecular complexity index is 1240. The average molecular weight is 457 g/mol. The van der Waals surface area contributed by atoms with Gasteiger partial charge in [-0.1, -0.05) is 30.3 Å². The summed E-state index contributed by atoms with van der Waals surface area (Å²) in [5.74, 6) is -1.22. The molecule has 1 aliphatic heterocycles. The molecule has 1 unspecified atom stereocenters. The molecule has 1 N–H and O–H groups in total. The number of amides is 1. The van der Waals surface area contributed by atoms with Crippen LogP contribution in [0, 0.1) is 19.7 Å². The van der Waals surface area contributed by atoms with Crippen LogP contribution in [0.15, 0.2) is 59.5 Å². The van der Waals surface area contributed by atoms with Crippen LogP contribution in [-0.2, 0) is 21.4 Å². The molecule has 168 valence electrons. The molecule has 32 heavy (non-hydrogen) atoms. The number of hydrogen-bond donors (Lipinski definition) is 1. The van der Waals surface area contributed by atoms with E-state index in [4.69, 9.17) is 0 Å². The fourth-order valence-electron chi connectivity index (χ4n) is 4.11. The number of para-hydroxylation sites is 1. The second-order valence-corrected chi connectivity index (χ2v) is 9.68. The van der Waals surface area contributed by atoms with E-state index < -0.39 is 32.7 Å². The van der Waals surface area contributed by atoms with E-state index in [9.17, 15) is 17.6 Å². The van der Waals surface area contributed by atoms with Gasteiger partial charge in [-0.15, -0.1) is 0 Å². The first-order valence-corrected chi connectivity index (χ1v) is 11.9. The molecule has 1 atom stereocenters. The number of hydrogen-bond acceptors (Lipinski definition) is 4. The zero-order chi connectivity index (χ0) is 22.9. The lowest BCUT2D eigenvalue weighted by atomic mass is 10.1. The molecule has 0 radical (unpaired) electrons. The Labute approximate surface area is 186 Å². The fourth-order valence-corrected chi connectivity index (χ4v) is 5.84. The molecular weight excluding hydrogens is 431 g/mol. The number of carbonyl (C=O) groups is 1. The normalized spacial score (nSPS) is 16.9. The molecular formula is C23H25FN4O3S. The van der Waals surface area contributed by atoms with Crippen molar-refractivity contribution in [3.05, 3.63) is 77.4 Å². The highest BCUT2D eigenvalue weighted by Crippen LogP contribution is 2.28. The predicted molar refractivity (Wildman–Crippen MR) is 118 cm³/mol. The van der Waals surface area contributed by atoms with Crippen LogP contribution in [0.25, 0.3) is 5.69 Å². The van der Waals surface area contributed by atoms with E-state index in [1.165, 1.54) is 18.2 Å². The fraction of sp³-hybridized carbons (Fsp3) is 0.304. The molecule has 2 aromatic carbocycles. The van der Waals surface area contributed by atoms with Crippen molar-refractivity contribution < 1.29 is 17.6 Å². The number of rotatable bonds is 6. The van der Waals surface area contributed by atoms with Crippen LogP contribution in [0.4, 0.5) is 4.39 Å².